The molecule has 1 aliphatic rings. The van der Waals surface area contributed by atoms with E-state index in [1.54, 1.807) is 6.20 Å². The van der Waals surface area contributed by atoms with Crippen LogP contribution >= 0.6 is 11.6 Å². The molecule has 0 radical (unpaired) electrons. The van der Waals surface area contributed by atoms with Gasteiger partial charge in [0.15, 0.2) is 5.69 Å². The van der Waals surface area contributed by atoms with Crippen LogP contribution in [0.3, 0.4) is 0 Å². The van der Waals surface area contributed by atoms with Gasteiger partial charge in [-0.1, -0.05) is 25.4 Å². The summed E-state index contributed by atoms with van der Waals surface area (Å²) >= 11 is 6.17. The zero-order chi connectivity index (χ0) is 16.4. The number of amides is 1. The molecule has 2 aromatic heterocycles. The van der Waals surface area contributed by atoms with Gasteiger partial charge in [0.05, 0.1) is 23.8 Å². The summed E-state index contributed by atoms with van der Waals surface area (Å²) < 4.78 is 1.86. The number of carbonyl (C=O) groups is 1. The number of halogens is 1. The van der Waals surface area contributed by atoms with Crippen molar-refractivity contribution in [3.63, 3.8) is 0 Å². The smallest absolute Gasteiger partial charge is 0.274 e. The predicted octanol–water partition coefficient (Wildman–Crippen LogP) is 2.75. The van der Waals surface area contributed by atoms with E-state index in [1.165, 1.54) is 6.20 Å². The van der Waals surface area contributed by atoms with E-state index in [9.17, 15) is 4.79 Å². The minimum atomic E-state index is -0.117. The van der Waals surface area contributed by atoms with Crippen molar-refractivity contribution in [3.05, 3.63) is 41.2 Å². The lowest BCUT2D eigenvalue weighted by Gasteiger charge is -2.25. The first-order valence-corrected chi connectivity index (χ1v) is 8.25. The molecule has 0 spiro atoms. The molecule has 23 heavy (non-hydrogen) atoms. The van der Waals surface area contributed by atoms with Gasteiger partial charge in [-0.2, -0.15) is 5.10 Å². The Labute approximate surface area is 140 Å². The topological polar surface area (TPSA) is 63.9 Å². The van der Waals surface area contributed by atoms with Gasteiger partial charge in [0, 0.05) is 24.9 Å². The first kappa shape index (κ1) is 15.9. The fraction of sp³-hybridized carbons (Fsp3) is 0.500. The van der Waals surface area contributed by atoms with Crippen molar-refractivity contribution in [2.75, 3.05) is 6.54 Å². The molecular weight excluding hydrogens is 314 g/mol. The third kappa shape index (κ3) is 3.37. The van der Waals surface area contributed by atoms with E-state index in [0.29, 0.717) is 23.1 Å². The molecular formula is C16H20ClN5O. The lowest BCUT2D eigenvalue weighted by Crippen LogP contribution is -2.39. The normalized spacial score (nSPS) is 17.9. The Morgan fingerprint density at radius 1 is 1.48 bits per heavy atom. The number of hydrogen-bond donors (Lipinski definition) is 0. The highest BCUT2D eigenvalue weighted by molar-refractivity contribution is 6.33. The van der Waals surface area contributed by atoms with Crippen molar-refractivity contribution in [2.45, 2.75) is 45.2 Å². The molecule has 1 saturated heterocycles. The Kier molecular flexibility index (Phi) is 4.61. The average molecular weight is 334 g/mol. The van der Waals surface area contributed by atoms with E-state index in [-0.39, 0.29) is 17.9 Å². The van der Waals surface area contributed by atoms with Crippen LogP contribution in [0.4, 0.5) is 0 Å². The molecule has 0 N–H and O–H groups in total. The molecule has 1 fully saturated rings. The summed E-state index contributed by atoms with van der Waals surface area (Å²) in [5.41, 5.74) is 0.303. The third-order valence-electron chi connectivity index (χ3n) is 4.08. The minimum Gasteiger partial charge on any atom is -0.332 e. The van der Waals surface area contributed by atoms with E-state index in [4.69, 9.17) is 11.6 Å². The van der Waals surface area contributed by atoms with Crippen molar-refractivity contribution in [3.8, 4) is 0 Å². The lowest BCUT2D eigenvalue weighted by atomic mass is 10.2. The van der Waals surface area contributed by atoms with Crippen LogP contribution in [0, 0.1) is 0 Å². The van der Waals surface area contributed by atoms with E-state index in [1.807, 2.05) is 35.7 Å². The van der Waals surface area contributed by atoms with Crippen LogP contribution < -0.4 is 0 Å². The molecule has 1 amide bonds. The van der Waals surface area contributed by atoms with Gasteiger partial charge in [-0.3, -0.25) is 9.48 Å². The van der Waals surface area contributed by atoms with Gasteiger partial charge in [0.25, 0.3) is 5.91 Å². The van der Waals surface area contributed by atoms with Crippen LogP contribution in [-0.2, 0) is 6.54 Å². The first-order chi connectivity index (χ1) is 11.1. The Morgan fingerprint density at radius 3 is 3.00 bits per heavy atom. The number of likely N-dealkylation sites (tertiary alicyclic amines) is 1. The van der Waals surface area contributed by atoms with Crippen LogP contribution in [0.25, 0.3) is 0 Å². The predicted molar refractivity (Wildman–Crippen MR) is 87.4 cm³/mol. The van der Waals surface area contributed by atoms with Crippen molar-refractivity contribution in [1.29, 1.82) is 0 Å². The maximum absolute atomic E-state index is 12.9. The Bertz CT molecular complexity index is 686. The summed E-state index contributed by atoms with van der Waals surface area (Å²) in [6.45, 7) is 5.41. The molecule has 122 valence electrons. The number of hydrogen-bond acceptors (Lipinski definition) is 4. The highest BCUT2D eigenvalue weighted by atomic mass is 35.5. The summed E-state index contributed by atoms with van der Waals surface area (Å²) in [7, 11) is 0. The number of rotatable bonds is 4. The Hall–Kier alpha value is -1.95. The fourth-order valence-electron chi connectivity index (χ4n) is 2.86. The van der Waals surface area contributed by atoms with Crippen LogP contribution in [0.15, 0.2) is 24.7 Å². The molecule has 7 heteroatoms. The summed E-state index contributed by atoms with van der Waals surface area (Å²) in [5.74, 6) is 0.673. The van der Waals surface area contributed by atoms with Crippen LogP contribution in [-0.4, -0.2) is 43.1 Å². The molecule has 6 nitrogen and oxygen atoms in total. The summed E-state index contributed by atoms with van der Waals surface area (Å²) in [5, 5.41) is 4.54. The van der Waals surface area contributed by atoms with Crippen LogP contribution in [0.1, 0.15) is 48.9 Å². The lowest BCUT2D eigenvalue weighted by molar-refractivity contribution is 0.0715. The largest absolute Gasteiger partial charge is 0.332 e. The molecule has 2 aromatic rings. The van der Waals surface area contributed by atoms with Crippen LogP contribution in [0.2, 0.25) is 5.02 Å². The number of carbonyl (C=O) groups excluding carboxylic acids is 1. The second-order valence-electron chi connectivity index (χ2n) is 6.10. The van der Waals surface area contributed by atoms with Crippen molar-refractivity contribution in [2.24, 2.45) is 0 Å². The van der Waals surface area contributed by atoms with Crippen molar-refractivity contribution in [1.82, 2.24) is 24.6 Å². The van der Waals surface area contributed by atoms with Gasteiger partial charge in [-0.05, 0) is 18.9 Å². The first-order valence-electron chi connectivity index (χ1n) is 7.87. The van der Waals surface area contributed by atoms with Gasteiger partial charge in [-0.15, -0.1) is 0 Å². The third-order valence-corrected chi connectivity index (χ3v) is 4.35. The van der Waals surface area contributed by atoms with Crippen LogP contribution in [0.5, 0.6) is 0 Å². The summed E-state index contributed by atoms with van der Waals surface area (Å²) in [4.78, 5) is 23.4. The quantitative estimate of drug-likeness (QED) is 0.863. The van der Waals surface area contributed by atoms with E-state index in [0.717, 1.165) is 19.4 Å². The minimum absolute atomic E-state index is 0.117. The van der Waals surface area contributed by atoms with Crippen molar-refractivity contribution < 1.29 is 4.79 Å². The Morgan fingerprint density at radius 2 is 2.30 bits per heavy atom. The molecule has 1 aliphatic heterocycles. The van der Waals surface area contributed by atoms with Gasteiger partial charge in [0.1, 0.15) is 5.82 Å². The monoisotopic (exact) mass is 333 g/mol. The van der Waals surface area contributed by atoms with Gasteiger partial charge in [0.2, 0.25) is 0 Å². The van der Waals surface area contributed by atoms with Gasteiger partial charge < -0.3 is 4.90 Å². The summed E-state index contributed by atoms with van der Waals surface area (Å²) in [6.07, 6.45) is 7.13. The second kappa shape index (κ2) is 6.66. The molecule has 0 aromatic carbocycles. The van der Waals surface area contributed by atoms with Crippen molar-refractivity contribution >= 4 is 17.5 Å². The standard InChI is InChI=1S/C16H20ClN5O/c1-11(2)15-18-9-13(17)14(20-15)16(23)22-8-3-5-12(22)10-21-7-4-6-19-21/h4,6-7,9,11-12H,3,5,8,10H2,1-2H3/t12-/m1/s1. The molecule has 0 unspecified atom stereocenters. The molecule has 0 bridgehead atoms. The number of aromatic nitrogens is 4. The van der Waals surface area contributed by atoms with E-state index in [2.05, 4.69) is 15.1 Å². The van der Waals surface area contributed by atoms with Gasteiger partial charge >= 0.3 is 0 Å². The fourth-order valence-corrected chi connectivity index (χ4v) is 3.03. The van der Waals surface area contributed by atoms with E-state index >= 15 is 0 Å². The zero-order valence-electron chi connectivity index (χ0n) is 13.3. The highest BCUT2D eigenvalue weighted by Gasteiger charge is 2.32. The zero-order valence-corrected chi connectivity index (χ0v) is 14.1. The molecule has 0 saturated carbocycles. The van der Waals surface area contributed by atoms with E-state index < -0.39 is 0 Å². The second-order valence-corrected chi connectivity index (χ2v) is 6.51. The SMILES string of the molecule is CC(C)c1ncc(Cl)c(C(=O)N2CCC[C@@H]2Cn2cccn2)n1. The van der Waals surface area contributed by atoms with Gasteiger partial charge in [-0.25, -0.2) is 9.97 Å². The Balaban J connectivity index is 1.82. The summed E-state index contributed by atoms with van der Waals surface area (Å²) in [6, 6.07) is 2.01. The maximum Gasteiger partial charge on any atom is 0.274 e. The molecule has 0 aliphatic carbocycles. The average Bonchev–Trinajstić information content (AvgIpc) is 3.19. The highest BCUT2D eigenvalue weighted by Crippen LogP contribution is 2.24. The molecule has 3 rings (SSSR count). The number of nitrogens with zero attached hydrogens (tertiary/aromatic N) is 5. The molecule has 1 atom stereocenters. The molecule has 3 heterocycles. The maximum atomic E-state index is 12.9.